The lowest BCUT2D eigenvalue weighted by molar-refractivity contribution is -0.120. The molecule has 0 spiro atoms. The summed E-state index contributed by atoms with van der Waals surface area (Å²) in [6, 6.07) is 22.5. The van der Waals surface area contributed by atoms with E-state index in [-0.39, 0.29) is 5.91 Å². The zero-order chi connectivity index (χ0) is 21.2. The van der Waals surface area contributed by atoms with Crippen molar-refractivity contribution in [2.24, 2.45) is 5.10 Å². The average Bonchev–Trinajstić information content (AvgIpc) is 2.75. The molecule has 0 unspecified atom stereocenters. The summed E-state index contributed by atoms with van der Waals surface area (Å²) in [4.78, 5) is 13.1. The number of benzene rings is 3. The van der Waals surface area contributed by atoms with Gasteiger partial charge >= 0.3 is 0 Å². The monoisotopic (exact) mass is 458 g/mol. The Kier molecular flexibility index (Phi) is 8.63. The molecule has 0 aliphatic rings. The second kappa shape index (κ2) is 11.6. The van der Waals surface area contributed by atoms with E-state index in [1.165, 1.54) is 0 Å². The van der Waals surface area contributed by atoms with Gasteiger partial charge in [0.2, 0.25) is 5.91 Å². The molecule has 0 bridgehead atoms. The van der Waals surface area contributed by atoms with Crippen LogP contribution in [-0.4, -0.2) is 17.9 Å². The average molecular weight is 459 g/mol. The lowest BCUT2D eigenvalue weighted by atomic mass is 10.2. The molecule has 0 aliphatic carbocycles. The van der Waals surface area contributed by atoms with Crippen molar-refractivity contribution < 1.29 is 9.53 Å². The van der Waals surface area contributed by atoms with E-state index in [0.29, 0.717) is 34.6 Å². The van der Waals surface area contributed by atoms with Gasteiger partial charge in [0.05, 0.1) is 6.21 Å². The van der Waals surface area contributed by atoms with Gasteiger partial charge in [-0.25, -0.2) is 5.43 Å². The molecule has 30 heavy (non-hydrogen) atoms. The fraction of sp³-hybridized carbons (Fsp3) is 0.130. The molecule has 0 atom stereocenters. The maximum Gasteiger partial charge on any atom is 0.240 e. The topological polar surface area (TPSA) is 50.7 Å². The van der Waals surface area contributed by atoms with Gasteiger partial charge in [-0.05, 0) is 54.1 Å². The van der Waals surface area contributed by atoms with E-state index in [0.717, 1.165) is 16.0 Å². The van der Waals surface area contributed by atoms with Crippen LogP contribution in [0.4, 0.5) is 0 Å². The number of rotatable bonds is 9. The Balaban J connectivity index is 1.46. The zero-order valence-electron chi connectivity index (χ0n) is 16.1. The Hall–Kier alpha value is -2.47. The molecule has 1 N–H and O–H groups in total. The second-order valence-corrected chi connectivity index (χ2v) is 8.34. The minimum absolute atomic E-state index is 0.146. The number of carbonyl (C=O) groups excluding carboxylic acids is 1. The first-order valence-corrected chi connectivity index (χ1v) is 11.0. The van der Waals surface area contributed by atoms with Gasteiger partial charge < -0.3 is 4.74 Å². The first-order valence-electron chi connectivity index (χ1n) is 9.27. The van der Waals surface area contributed by atoms with E-state index in [1.54, 1.807) is 18.0 Å². The van der Waals surface area contributed by atoms with Crippen LogP contribution < -0.4 is 10.2 Å². The van der Waals surface area contributed by atoms with E-state index >= 15 is 0 Å². The largest absolute Gasteiger partial charge is 0.488 e. The highest BCUT2D eigenvalue weighted by atomic mass is 35.5. The standard InChI is InChI=1S/C23H20Cl2N2O2S/c24-19-7-5-17(6-8-19)16-29-22-4-2-1-3-18(22)15-26-27-23(28)13-14-30-21-11-9-20(25)10-12-21/h1-12,15H,13-14,16H2,(H,27,28). The summed E-state index contributed by atoms with van der Waals surface area (Å²) in [7, 11) is 0. The zero-order valence-corrected chi connectivity index (χ0v) is 18.4. The molecule has 3 aromatic rings. The minimum atomic E-state index is -0.146. The third-order valence-corrected chi connectivity index (χ3v) is 5.55. The van der Waals surface area contributed by atoms with Gasteiger partial charge in [-0.3, -0.25) is 4.79 Å². The first-order chi connectivity index (χ1) is 14.6. The number of ether oxygens (including phenoxy) is 1. The van der Waals surface area contributed by atoms with Crippen LogP contribution >= 0.6 is 35.0 Å². The smallest absolute Gasteiger partial charge is 0.240 e. The summed E-state index contributed by atoms with van der Waals surface area (Å²) in [5.41, 5.74) is 4.35. The molecule has 0 fully saturated rings. The quantitative estimate of drug-likeness (QED) is 0.235. The van der Waals surface area contributed by atoms with E-state index in [4.69, 9.17) is 27.9 Å². The molecule has 3 rings (SSSR count). The predicted molar refractivity (Wildman–Crippen MR) is 125 cm³/mol. The molecule has 154 valence electrons. The Morgan fingerprint density at radius 1 is 0.967 bits per heavy atom. The highest BCUT2D eigenvalue weighted by Gasteiger charge is 2.04. The molecule has 4 nitrogen and oxygen atoms in total. The summed E-state index contributed by atoms with van der Waals surface area (Å²) in [5.74, 6) is 1.19. The van der Waals surface area contributed by atoms with Gasteiger partial charge in [0, 0.05) is 32.7 Å². The number of nitrogens with one attached hydrogen (secondary N) is 1. The van der Waals surface area contributed by atoms with Gasteiger partial charge in [0.15, 0.2) is 0 Å². The fourth-order valence-electron chi connectivity index (χ4n) is 2.48. The van der Waals surface area contributed by atoms with Crippen molar-refractivity contribution in [3.63, 3.8) is 0 Å². The van der Waals surface area contributed by atoms with Crippen molar-refractivity contribution in [1.29, 1.82) is 0 Å². The first kappa shape index (κ1) is 22.2. The number of nitrogens with zero attached hydrogens (tertiary/aromatic N) is 1. The van der Waals surface area contributed by atoms with Crippen molar-refractivity contribution in [1.82, 2.24) is 5.43 Å². The SMILES string of the molecule is O=C(CCSc1ccc(Cl)cc1)NN=Cc1ccccc1OCc1ccc(Cl)cc1. The molecular weight excluding hydrogens is 439 g/mol. The van der Waals surface area contributed by atoms with Crippen LogP contribution in [0.15, 0.2) is 82.8 Å². The molecule has 0 saturated heterocycles. The molecule has 1 amide bonds. The van der Waals surface area contributed by atoms with Crippen molar-refractivity contribution in [2.45, 2.75) is 17.9 Å². The Bertz CT molecular complexity index is 993. The highest BCUT2D eigenvalue weighted by Crippen LogP contribution is 2.21. The third-order valence-electron chi connectivity index (χ3n) is 4.03. The van der Waals surface area contributed by atoms with E-state index in [9.17, 15) is 4.79 Å². The Labute approximate surface area is 190 Å². The molecule has 0 heterocycles. The van der Waals surface area contributed by atoms with Crippen molar-refractivity contribution in [2.75, 3.05) is 5.75 Å². The summed E-state index contributed by atoms with van der Waals surface area (Å²) < 4.78 is 5.88. The summed E-state index contributed by atoms with van der Waals surface area (Å²) in [6.45, 7) is 0.413. The van der Waals surface area contributed by atoms with Crippen LogP contribution in [0, 0.1) is 0 Å². The molecule has 0 aliphatic heterocycles. The number of carbonyl (C=O) groups is 1. The van der Waals surface area contributed by atoms with Gasteiger partial charge in [-0.1, -0.05) is 47.5 Å². The molecular formula is C23H20Cl2N2O2S. The molecule has 0 radical (unpaired) electrons. The predicted octanol–water partition coefficient (Wildman–Crippen LogP) is 6.20. The molecule has 0 aromatic heterocycles. The molecule has 0 saturated carbocycles. The maximum atomic E-state index is 12.0. The second-order valence-electron chi connectivity index (χ2n) is 6.30. The van der Waals surface area contributed by atoms with Gasteiger partial charge in [-0.2, -0.15) is 5.10 Å². The molecule has 7 heteroatoms. The highest BCUT2D eigenvalue weighted by molar-refractivity contribution is 7.99. The number of para-hydroxylation sites is 1. The Morgan fingerprint density at radius 2 is 1.63 bits per heavy atom. The fourth-order valence-corrected chi connectivity index (χ4v) is 3.59. The van der Waals surface area contributed by atoms with E-state index in [1.807, 2.05) is 72.8 Å². The van der Waals surface area contributed by atoms with Crippen molar-refractivity contribution >= 4 is 47.1 Å². The lowest BCUT2D eigenvalue weighted by Crippen LogP contribution is -2.17. The summed E-state index contributed by atoms with van der Waals surface area (Å²) in [5, 5.41) is 5.44. The maximum absolute atomic E-state index is 12.0. The Morgan fingerprint density at radius 3 is 2.37 bits per heavy atom. The number of thioether (sulfide) groups is 1. The minimum Gasteiger partial charge on any atom is -0.488 e. The number of amides is 1. The third kappa shape index (κ3) is 7.41. The van der Waals surface area contributed by atoms with Crippen molar-refractivity contribution in [3.05, 3.63) is 94.0 Å². The van der Waals surface area contributed by atoms with Crippen LogP contribution in [-0.2, 0) is 11.4 Å². The number of hydrazone groups is 1. The van der Waals surface area contributed by atoms with E-state index < -0.39 is 0 Å². The number of hydrogen-bond donors (Lipinski definition) is 1. The van der Waals surface area contributed by atoms with Gasteiger partial charge in [0.25, 0.3) is 0 Å². The van der Waals surface area contributed by atoms with Crippen molar-refractivity contribution in [3.8, 4) is 5.75 Å². The van der Waals surface area contributed by atoms with Gasteiger partial charge in [0.1, 0.15) is 12.4 Å². The van der Waals surface area contributed by atoms with Crippen LogP contribution in [0.25, 0.3) is 0 Å². The van der Waals surface area contributed by atoms with E-state index in [2.05, 4.69) is 10.5 Å². The van der Waals surface area contributed by atoms with Crippen LogP contribution in [0.1, 0.15) is 17.5 Å². The van der Waals surface area contributed by atoms with Gasteiger partial charge in [-0.15, -0.1) is 11.8 Å². The summed E-state index contributed by atoms with van der Waals surface area (Å²) >= 11 is 13.4. The van der Waals surface area contributed by atoms with Crippen LogP contribution in [0.5, 0.6) is 5.75 Å². The summed E-state index contributed by atoms with van der Waals surface area (Å²) in [6.07, 6.45) is 1.95. The lowest BCUT2D eigenvalue weighted by Gasteiger charge is -2.09. The number of hydrogen-bond acceptors (Lipinski definition) is 4. The number of halogens is 2. The van der Waals surface area contributed by atoms with Crippen LogP contribution in [0.2, 0.25) is 10.0 Å². The van der Waals surface area contributed by atoms with Crippen LogP contribution in [0.3, 0.4) is 0 Å². The molecule has 3 aromatic carbocycles. The normalized spacial score (nSPS) is 10.9.